The van der Waals surface area contributed by atoms with Crippen LogP contribution in [-0.4, -0.2) is 26.6 Å². The van der Waals surface area contributed by atoms with E-state index in [0.717, 1.165) is 19.6 Å². The van der Waals surface area contributed by atoms with Crippen LogP contribution >= 0.6 is 0 Å². The van der Waals surface area contributed by atoms with Gasteiger partial charge in [-0.25, -0.2) is 0 Å². The van der Waals surface area contributed by atoms with E-state index in [1.807, 2.05) is 12.1 Å². The number of hydrogen-bond donors (Lipinski definition) is 0. The highest BCUT2D eigenvalue weighted by Gasteiger charge is 2.22. The van der Waals surface area contributed by atoms with Crippen molar-refractivity contribution in [3.05, 3.63) is 54.1 Å². The van der Waals surface area contributed by atoms with Crippen LogP contribution in [0.15, 0.2) is 48.5 Å². The van der Waals surface area contributed by atoms with E-state index in [0.29, 0.717) is 18.6 Å². The molecule has 2 aromatic rings. The third-order valence-electron chi connectivity index (χ3n) is 3.82. The van der Waals surface area contributed by atoms with Crippen molar-refractivity contribution in [2.24, 2.45) is 0 Å². The van der Waals surface area contributed by atoms with Crippen LogP contribution in [0.2, 0.25) is 0 Å². The second-order valence-corrected chi connectivity index (χ2v) is 5.98. The molecule has 0 amide bonds. The van der Waals surface area contributed by atoms with Crippen molar-refractivity contribution in [3.8, 4) is 5.75 Å². The lowest BCUT2D eigenvalue weighted by Gasteiger charge is -2.07. The Morgan fingerprint density at radius 1 is 1.05 bits per heavy atom. The summed E-state index contributed by atoms with van der Waals surface area (Å²) in [5.74, 6) is 1.51. The van der Waals surface area contributed by atoms with Gasteiger partial charge in [0.1, 0.15) is 18.5 Å². The lowest BCUT2D eigenvalue weighted by atomic mass is 9.64. The number of rotatable bonds is 6. The second kappa shape index (κ2) is 6.36. The van der Waals surface area contributed by atoms with E-state index in [1.54, 1.807) is 0 Å². The third kappa shape index (κ3) is 4.12. The Labute approximate surface area is 127 Å². The maximum Gasteiger partial charge on any atom is 0.192 e. The zero-order valence-corrected chi connectivity index (χ0v) is 12.7. The molecule has 0 bridgehead atoms. The lowest BCUT2D eigenvalue weighted by Crippen LogP contribution is -2.26. The molecule has 3 heteroatoms. The van der Waals surface area contributed by atoms with Crippen molar-refractivity contribution in [3.63, 3.8) is 0 Å². The minimum atomic E-state index is 0.309. The normalized spacial score (nSPS) is 16.8. The monoisotopic (exact) mass is 280 g/mol. The van der Waals surface area contributed by atoms with Crippen LogP contribution in [0.3, 0.4) is 0 Å². The van der Waals surface area contributed by atoms with Crippen LogP contribution in [0, 0.1) is 0 Å². The summed E-state index contributed by atoms with van der Waals surface area (Å²) in [6, 6.07) is 17.3. The summed E-state index contributed by atoms with van der Waals surface area (Å²) in [4.78, 5) is 0. The largest absolute Gasteiger partial charge is 0.491 e. The zero-order valence-electron chi connectivity index (χ0n) is 12.7. The third-order valence-corrected chi connectivity index (χ3v) is 3.82. The molecule has 0 N–H and O–H groups in total. The average molecular weight is 280 g/mol. The summed E-state index contributed by atoms with van der Waals surface area (Å²) in [5, 5.41) is 0. The molecule has 0 saturated carbocycles. The molecule has 2 nitrogen and oxygen atoms in total. The molecule has 0 aliphatic carbocycles. The molecule has 0 aromatic heterocycles. The van der Waals surface area contributed by atoms with Gasteiger partial charge in [-0.3, -0.25) is 0 Å². The Morgan fingerprint density at radius 2 is 1.62 bits per heavy atom. The fourth-order valence-corrected chi connectivity index (χ4v) is 2.31. The molecule has 1 unspecified atom stereocenters. The summed E-state index contributed by atoms with van der Waals surface area (Å²) in [6.07, 6.45) is 0.309. The Kier molecular flexibility index (Phi) is 4.30. The Bertz CT molecular complexity index is 571. The Morgan fingerprint density at radius 3 is 2.14 bits per heavy atom. The van der Waals surface area contributed by atoms with Crippen LogP contribution < -0.4 is 15.7 Å². The van der Waals surface area contributed by atoms with E-state index in [-0.39, 0.29) is 0 Å². The standard InChI is InChI=1S/C18H21BO2/c1-13(2)14-3-5-15(6-4-14)19-16-7-9-17(10-8-16)20-11-18-12-21-18/h3-10,13,18-19H,11-12H2,1-2H3. The lowest BCUT2D eigenvalue weighted by molar-refractivity contribution is 0.263. The highest BCUT2D eigenvalue weighted by Crippen LogP contribution is 2.14. The van der Waals surface area contributed by atoms with Crippen molar-refractivity contribution in [2.75, 3.05) is 13.2 Å². The van der Waals surface area contributed by atoms with Gasteiger partial charge in [0.25, 0.3) is 0 Å². The van der Waals surface area contributed by atoms with E-state index in [1.165, 1.54) is 16.5 Å². The second-order valence-electron chi connectivity index (χ2n) is 5.98. The topological polar surface area (TPSA) is 21.8 Å². The highest BCUT2D eigenvalue weighted by molar-refractivity contribution is 6.67. The average Bonchev–Trinajstić information content (AvgIpc) is 3.31. The van der Waals surface area contributed by atoms with Gasteiger partial charge in [-0.1, -0.05) is 61.2 Å². The molecule has 2 aromatic carbocycles. The molecule has 0 radical (unpaired) electrons. The molecule has 1 saturated heterocycles. The first-order valence-electron chi connectivity index (χ1n) is 7.63. The van der Waals surface area contributed by atoms with Gasteiger partial charge < -0.3 is 9.47 Å². The molecule has 1 aliphatic rings. The maximum absolute atomic E-state index is 5.65. The summed E-state index contributed by atoms with van der Waals surface area (Å²) in [5.41, 5.74) is 4.05. The van der Waals surface area contributed by atoms with Crippen LogP contribution in [0.4, 0.5) is 0 Å². The van der Waals surface area contributed by atoms with E-state index in [2.05, 4.69) is 50.2 Å². The molecule has 21 heavy (non-hydrogen) atoms. The number of epoxide rings is 1. The van der Waals surface area contributed by atoms with Crippen LogP contribution in [-0.2, 0) is 4.74 Å². The van der Waals surface area contributed by atoms with Crippen molar-refractivity contribution < 1.29 is 9.47 Å². The van der Waals surface area contributed by atoms with Crippen molar-refractivity contribution in [1.82, 2.24) is 0 Å². The summed E-state index contributed by atoms with van der Waals surface area (Å²) >= 11 is 0. The van der Waals surface area contributed by atoms with Gasteiger partial charge in [-0.2, -0.15) is 0 Å². The molecule has 1 heterocycles. The Hall–Kier alpha value is -1.74. The summed E-state index contributed by atoms with van der Waals surface area (Å²) < 4.78 is 10.8. The van der Waals surface area contributed by atoms with Gasteiger partial charge in [0.2, 0.25) is 0 Å². The van der Waals surface area contributed by atoms with E-state index >= 15 is 0 Å². The number of hydrogen-bond acceptors (Lipinski definition) is 2. The minimum absolute atomic E-state index is 0.309. The predicted octanol–water partition coefficient (Wildman–Crippen LogP) is 1.97. The van der Waals surface area contributed by atoms with Crippen molar-refractivity contribution in [1.29, 1.82) is 0 Å². The predicted molar refractivity (Wildman–Crippen MR) is 88.6 cm³/mol. The Balaban J connectivity index is 1.58. The molecule has 108 valence electrons. The molecular formula is C18H21BO2. The van der Waals surface area contributed by atoms with Crippen molar-refractivity contribution >= 4 is 18.2 Å². The first kappa shape index (κ1) is 14.2. The highest BCUT2D eigenvalue weighted by atomic mass is 16.6. The molecule has 0 spiro atoms. The van der Waals surface area contributed by atoms with Crippen LogP contribution in [0.25, 0.3) is 0 Å². The van der Waals surface area contributed by atoms with Crippen molar-refractivity contribution in [2.45, 2.75) is 25.9 Å². The SMILES string of the molecule is CC(C)c1ccc(Bc2ccc(OCC3CO3)cc2)cc1. The molecule has 3 rings (SSSR count). The molecule has 1 fully saturated rings. The smallest absolute Gasteiger partial charge is 0.192 e. The van der Waals surface area contributed by atoms with Gasteiger partial charge in [0, 0.05) is 0 Å². The fraction of sp³-hybridized carbons (Fsp3) is 0.333. The first-order valence-corrected chi connectivity index (χ1v) is 7.63. The fourth-order valence-electron chi connectivity index (χ4n) is 2.31. The van der Waals surface area contributed by atoms with E-state index in [9.17, 15) is 0 Å². The molecular weight excluding hydrogens is 259 g/mol. The van der Waals surface area contributed by atoms with Gasteiger partial charge in [0.15, 0.2) is 7.28 Å². The number of ether oxygens (including phenoxy) is 2. The minimum Gasteiger partial charge on any atom is -0.491 e. The first-order chi connectivity index (χ1) is 10.2. The molecule has 1 aliphatic heterocycles. The van der Waals surface area contributed by atoms with Crippen LogP contribution in [0.5, 0.6) is 5.75 Å². The molecule has 1 atom stereocenters. The summed E-state index contributed by atoms with van der Waals surface area (Å²) in [7, 11) is 0.963. The van der Waals surface area contributed by atoms with Gasteiger partial charge in [-0.15, -0.1) is 0 Å². The maximum atomic E-state index is 5.65. The van der Waals surface area contributed by atoms with Gasteiger partial charge >= 0.3 is 0 Å². The quantitative estimate of drug-likeness (QED) is 0.596. The van der Waals surface area contributed by atoms with Crippen LogP contribution in [0.1, 0.15) is 25.3 Å². The van der Waals surface area contributed by atoms with E-state index < -0.39 is 0 Å². The summed E-state index contributed by atoms with van der Waals surface area (Å²) in [6.45, 7) is 5.95. The number of benzene rings is 2. The zero-order chi connectivity index (χ0) is 14.7. The van der Waals surface area contributed by atoms with Gasteiger partial charge in [-0.05, 0) is 23.6 Å². The van der Waals surface area contributed by atoms with E-state index in [4.69, 9.17) is 9.47 Å². The van der Waals surface area contributed by atoms with Gasteiger partial charge in [0.05, 0.1) is 6.61 Å².